The molecule has 0 amide bonds. The Morgan fingerprint density at radius 1 is 0.840 bits per heavy atom. The summed E-state index contributed by atoms with van der Waals surface area (Å²) in [5, 5.41) is 0. The minimum atomic E-state index is -0.948. The van der Waals surface area contributed by atoms with Gasteiger partial charge in [0.15, 0.2) is 0 Å². The Labute approximate surface area is 149 Å². The van der Waals surface area contributed by atoms with Crippen LogP contribution >= 0.6 is 0 Å². The minimum absolute atomic E-state index is 0.0116. The molecule has 0 spiro atoms. The molecule has 25 heavy (non-hydrogen) atoms. The summed E-state index contributed by atoms with van der Waals surface area (Å²) < 4.78 is 25.3. The van der Waals surface area contributed by atoms with Crippen molar-refractivity contribution < 1.29 is 23.5 Å². The van der Waals surface area contributed by atoms with E-state index in [1.807, 2.05) is 0 Å². The summed E-state index contributed by atoms with van der Waals surface area (Å²) in [4.78, 5) is 23.2. The Bertz CT molecular complexity index is 534. The summed E-state index contributed by atoms with van der Waals surface area (Å²) in [7, 11) is 0. The highest BCUT2D eigenvalue weighted by atomic mass is 19.1. The van der Waals surface area contributed by atoms with Crippen molar-refractivity contribution in [2.45, 2.75) is 77.2 Å². The molecule has 4 nitrogen and oxygen atoms in total. The van der Waals surface area contributed by atoms with E-state index in [1.54, 1.807) is 13.8 Å². The Morgan fingerprint density at radius 2 is 1.32 bits per heavy atom. The molecule has 2 fully saturated rings. The van der Waals surface area contributed by atoms with Gasteiger partial charge in [-0.2, -0.15) is 0 Å². The van der Waals surface area contributed by atoms with E-state index in [1.165, 1.54) is 0 Å². The zero-order valence-electron chi connectivity index (χ0n) is 15.3. The van der Waals surface area contributed by atoms with Crippen molar-refractivity contribution in [3.63, 3.8) is 0 Å². The van der Waals surface area contributed by atoms with E-state index in [0.717, 1.165) is 32.1 Å². The molecule has 2 unspecified atom stereocenters. The average Bonchev–Trinajstić information content (AvgIpc) is 2.55. The fraction of sp³-hybridized carbons (Fsp3) is 0.700. The number of carbonyl (C=O) groups is 2. The van der Waals surface area contributed by atoms with Gasteiger partial charge in [0, 0.05) is 17.6 Å². The molecule has 2 saturated carbocycles. The van der Waals surface area contributed by atoms with Crippen LogP contribution in [0.4, 0.5) is 4.39 Å². The lowest BCUT2D eigenvalue weighted by molar-refractivity contribution is -0.150. The largest absolute Gasteiger partial charge is 0.459 e. The highest BCUT2D eigenvalue weighted by molar-refractivity contribution is 5.87. The molecule has 0 saturated heterocycles. The molecule has 0 bridgehead atoms. The van der Waals surface area contributed by atoms with Crippen molar-refractivity contribution in [2.75, 3.05) is 0 Å². The van der Waals surface area contributed by atoms with Gasteiger partial charge < -0.3 is 9.47 Å². The topological polar surface area (TPSA) is 52.6 Å². The van der Waals surface area contributed by atoms with Crippen molar-refractivity contribution in [3.05, 3.63) is 24.3 Å². The number of ether oxygens (including phenoxy) is 2. The van der Waals surface area contributed by atoms with Crippen molar-refractivity contribution in [1.82, 2.24) is 0 Å². The summed E-state index contributed by atoms with van der Waals surface area (Å²) in [6.45, 7) is 10.4. The van der Waals surface area contributed by atoms with Crippen molar-refractivity contribution >= 4 is 11.9 Å². The van der Waals surface area contributed by atoms with Gasteiger partial charge >= 0.3 is 11.9 Å². The molecule has 2 aliphatic carbocycles. The second kappa shape index (κ2) is 8.63. The van der Waals surface area contributed by atoms with Crippen LogP contribution in [0.2, 0.25) is 0 Å². The first-order valence-corrected chi connectivity index (χ1v) is 9.15. The highest BCUT2D eigenvalue weighted by Gasteiger charge is 2.39. The van der Waals surface area contributed by atoms with E-state index in [-0.39, 0.29) is 30.5 Å². The van der Waals surface area contributed by atoms with Crippen LogP contribution in [0.1, 0.15) is 58.8 Å². The lowest BCUT2D eigenvalue weighted by Gasteiger charge is -2.39. The SMILES string of the molecule is C=C(C)C(=O)OC1CCC([C@H]2CCC(OC(=O)C(=C)C)CC2F)CC1. The zero-order valence-corrected chi connectivity index (χ0v) is 15.3. The van der Waals surface area contributed by atoms with Crippen LogP contribution in [0.25, 0.3) is 0 Å². The van der Waals surface area contributed by atoms with Gasteiger partial charge in [-0.1, -0.05) is 13.2 Å². The van der Waals surface area contributed by atoms with Gasteiger partial charge in [0.05, 0.1) is 0 Å². The summed E-state index contributed by atoms with van der Waals surface area (Å²) >= 11 is 0. The third-order valence-corrected chi connectivity index (χ3v) is 5.34. The van der Waals surface area contributed by atoms with E-state index in [2.05, 4.69) is 13.2 Å². The van der Waals surface area contributed by atoms with Crippen molar-refractivity contribution in [1.29, 1.82) is 0 Å². The van der Waals surface area contributed by atoms with E-state index < -0.39 is 12.1 Å². The van der Waals surface area contributed by atoms with Crippen LogP contribution in [0, 0.1) is 11.8 Å². The molecule has 0 heterocycles. The van der Waals surface area contributed by atoms with Gasteiger partial charge in [-0.3, -0.25) is 0 Å². The Morgan fingerprint density at radius 3 is 1.80 bits per heavy atom. The zero-order chi connectivity index (χ0) is 18.6. The summed E-state index contributed by atoms with van der Waals surface area (Å²) in [6.07, 6.45) is 3.64. The Kier molecular flexibility index (Phi) is 6.79. The van der Waals surface area contributed by atoms with Crippen LogP contribution < -0.4 is 0 Å². The van der Waals surface area contributed by atoms with Gasteiger partial charge in [-0.25, -0.2) is 14.0 Å². The first kappa shape index (κ1) is 19.7. The number of rotatable bonds is 5. The second-order valence-electron chi connectivity index (χ2n) is 7.52. The van der Waals surface area contributed by atoms with Gasteiger partial charge in [-0.05, 0) is 64.2 Å². The number of hydrogen-bond acceptors (Lipinski definition) is 4. The molecule has 0 aromatic rings. The van der Waals surface area contributed by atoms with E-state index in [9.17, 15) is 14.0 Å². The molecular weight excluding hydrogens is 323 g/mol. The van der Waals surface area contributed by atoms with E-state index in [0.29, 0.717) is 23.5 Å². The lowest BCUT2D eigenvalue weighted by Crippen LogP contribution is -2.38. The first-order chi connectivity index (χ1) is 11.8. The normalized spacial score (nSPS) is 32.5. The van der Waals surface area contributed by atoms with Crippen LogP contribution in [0.3, 0.4) is 0 Å². The van der Waals surface area contributed by atoms with Gasteiger partial charge in [0.1, 0.15) is 18.4 Å². The van der Waals surface area contributed by atoms with Gasteiger partial charge in [-0.15, -0.1) is 0 Å². The molecule has 5 heteroatoms. The summed E-state index contributed by atoms with van der Waals surface area (Å²) in [5.74, 6) is -0.452. The number of carbonyl (C=O) groups excluding carboxylic acids is 2. The van der Waals surface area contributed by atoms with Gasteiger partial charge in [0.2, 0.25) is 0 Å². The fourth-order valence-electron chi connectivity index (χ4n) is 3.88. The van der Waals surface area contributed by atoms with Crippen molar-refractivity contribution in [3.8, 4) is 0 Å². The summed E-state index contributed by atoms with van der Waals surface area (Å²) in [5.41, 5.74) is 0.758. The van der Waals surface area contributed by atoms with E-state index in [4.69, 9.17) is 9.47 Å². The third kappa shape index (κ3) is 5.41. The number of hydrogen-bond donors (Lipinski definition) is 0. The smallest absolute Gasteiger partial charge is 0.333 e. The average molecular weight is 352 g/mol. The molecule has 3 atom stereocenters. The molecule has 2 rings (SSSR count). The number of esters is 2. The molecule has 0 aliphatic heterocycles. The Hall–Kier alpha value is -1.65. The number of halogens is 1. The van der Waals surface area contributed by atoms with Crippen LogP contribution in [-0.2, 0) is 19.1 Å². The molecule has 0 N–H and O–H groups in total. The Balaban J connectivity index is 1.78. The van der Waals surface area contributed by atoms with Gasteiger partial charge in [0.25, 0.3) is 0 Å². The molecule has 0 aromatic carbocycles. The monoisotopic (exact) mass is 352 g/mol. The molecule has 0 aromatic heterocycles. The third-order valence-electron chi connectivity index (χ3n) is 5.34. The molecular formula is C20H29FO4. The number of alkyl halides is 1. The fourth-order valence-corrected chi connectivity index (χ4v) is 3.88. The quantitative estimate of drug-likeness (QED) is 0.547. The van der Waals surface area contributed by atoms with Crippen LogP contribution in [0.15, 0.2) is 24.3 Å². The predicted molar refractivity (Wildman–Crippen MR) is 93.6 cm³/mol. The maximum absolute atomic E-state index is 14.6. The molecule has 140 valence electrons. The van der Waals surface area contributed by atoms with Crippen molar-refractivity contribution in [2.24, 2.45) is 11.8 Å². The first-order valence-electron chi connectivity index (χ1n) is 9.15. The minimum Gasteiger partial charge on any atom is -0.459 e. The molecule has 2 aliphatic rings. The lowest BCUT2D eigenvalue weighted by atomic mass is 9.71. The predicted octanol–water partition coefficient (Wildman–Crippen LogP) is 4.29. The highest BCUT2D eigenvalue weighted by Crippen LogP contribution is 2.41. The maximum atomic E-state index is 14.6. The van der Waals surface area contributed by atoms with E-state index >= 15 is 0 Å². The van der Waals surface area contributed by atoms with Crippen LogP contribution in [0.5, 0.6) is 0 Å². The van der Waals surface area contributed by atoms with Crippen LogP contribution in [-0.4, -0.2) is 30.3 Å². The molecule has 0 radical (unpaired) electrons. The summed E-state index contributed by atoms with van der Waals surface area (Å²) in [6, 6.07) is 0. The maximum Gasteiger partial charge on any atom is 0.333 e. The standard InChI is InChI=1S/C20H29FO4/c1-12(2)19(22)24-15-7-5-14(6-8-15)17-10-9-16(11-18(17)21)25-20(23)13(3)4/h14-18H,1,3,5-11H2,2,4H3/t14?,15?,16?,17-,18?/m1/s1. The second-order valence-corrected chi connectivity index (χ2v) is 7.52.